The van der Waals surface area contributed by atoms with Crippen LogP contribution in [0.4, 0.5) is 0 Å². The fraction of sp³-hybridized carbons (Fsp3) is 0.412. The van der Waals surface area contributed by atoms with E-state index in [1.807, 2.05) is 54.0 Å². The summed E-state index contributed by atoms with van der Waals surface area (Å²) in [7, 11) is 0. The van der Waals surface area contributed by atoms with Gasteiger partial charge in [0.05, 0.1) is 4.88 Å². The van der Waals surface area contributed by atoms with Crippen molar-refractivity contribution < 1.29 is 9.59 Å². The van der Waals surface area contributed by atoms with Crippen molar-refractivity contribution in [2.75, 3.05) is 26.2 Å². The Morgan fingerprint density at radius 2 is 1.68 bits per heavy atom. The van der Waals surface area contributed by atoms with E-state index in [4.69, 9.17) is 0 Å². The van der Waals surface area contributed by atoms with Gasteiger partial charge in [0.15, 0.2) is 0 Å². The van der Waals surface area contributed by atoms with Crippen molar-refractivity contribution in [1.82, 2.24) is 9.80 Å². The van der Waals surface area contributed by atoms with Gasteiger partial charge in [0.1, 0.15) is 0 Å². The molecule has 2 heterocycles. The number of benzene rings is 1. The maximum atomic E-state index is 12.6. The lowest BCUT2D eigenvalue weighted by atomic mass is 10.1. The van der Waals surface area contributed by atoms with E-state index < -0.39 is 0 Å². The van der Waals surface area contributed by atoms with Crippen LogP contribution in [0.15, 0.2) is 30.3 Å². The fourth-order valence-corrected chi connectivity index (χ4v) is 3.77. The largest absolute Gasteiger partial charge is 0.339 e. The Hall–Kier alpha value is -1.88. The molecule has 1 aromatic heterocycles. The number of carbonyl (C=O) groups excluding carboxylic acids is 2. The number of amides is 2. The van der Waals surface area contributed by atoms with Crippen molar-refractivity contribution in [2.24, 2.45) is 5.92 Å². The summed E-state index contributed by atoms with van der Waals surface area (Å²) in [5.74, 6) is 0.275. The number of hydrogen-bond donors (Lipinski definition) is 0. The van der Waals surface area contributed by atoms with Crippen molar-refractivity contribution in [3.63, 3.8) is 0 Å². The van der Waals surface area contributed by atoms with Gasteiger partial charge in [-0.2, -0.15) is 0 Å². The molecule has 2 aromatic rings. The molecular formula is C17H20N2O2S. The second kappa shape index (κ2) is 6.08. The maximum Gasteiger partial charge on any atom is 0.264 e. The predicted octanol–water partition coefficient (Wildman–Crippen LogP) is 2.84. The Balaban J connectivity index is 1.68. The summed E-state index contributed by atoms with van der Waals surface area (Å²) >= 11 is 1.54. The molecule has 0 atom stereocenters. The lowest BCUT2D eigenvalue weighted by Crippen LogP contribution is -2.51. The zero-order valence-corrected chi connectivity index (χ0v) is 13.7. The number of carbonyl (C=O) groups is 2. The first-order valence-corrected chi connectivity index (χ1v) is 8.44. The molecule has 4 nitrogen and oxygen atoms in total. The van der Waals surface area contributed by atoms with E-state index in [2.05, 4.69) is 0 Å². The van der Waals surface area contributed by atoms with E-state index in [0.717, 1.165) is 15.0 Å². The van der Waals surface area contributed by atoms with E-state index in [0.29, 0.717) is 26.2 Å². The van der Waals surface area contributed by atoms with E-state index in [-0.39, 0.29) is 17.7 Å². The van der Waals surface area contributed by atoms with E-state index in [1.54, 1.807) is 0 Å². The van der Waals surface area contributed by atoms with Crippen LogP contribution in [0.1, 0.15) is 23.5 Å². The van der Waals surface area contributed by atoms with Gasteiger partial charge >= 0.3 is 0 Å². The van der Waals surface area contributed by atoms with Crippen molar-refractivity contribution in [2.45, 2.75) is 13.8 Å². The number of thiophene rings is 1. The molecule has 116 valence electrons. The Kier molecular flexibility index (Phi) is 4.16. The zero-order valence-electron chi connectivity index (χ0n) is 12.9. The molecule has 0 saturated carbocycles. The lowest BCUT2D eigenvalue weighted by Gasteiger charge is -2.35. The molecule has 1 aliphatic rings. The van der Waals surface area contributed by atoms with E-state index in [1.165, 1.54) is 11.3 Å². The Bertz CT molecular complexity index is 667. The Morgan fingerprint density at radius 1 is 1.05 bits per heavy atom. The lowest BCUT2D eigenvalue weighted by molar-refractivity contribution is -0.135. The molecule has 1 saturated heterocycles. The molecule has 3 rings (SSSR count). The van der Waals surface area contributed by atoms with Gasteiger partial charge in [0.25, 0.3) is 5.91 Å². The first-order valence-electron chi connectivity index (χ1n) is 7.63. The molecule has 0 unspecified atom stereocenters. The molecule has 0 spiro atoms. The van der Waals surface area contributed by atoms with Crippen LogP contribution in [0.3, 0.4) is 0 Å². The summed E-state index contributed by atoms with van der Waals surface area (Å²) in [4.78, 5) is 29.1. The van der Waals surface area contributed by atoms with Crippen molar-refractivity contribution in [3.8, 4) is 0 Å². The SMILES string of the molecule is CC(C)C(=O)N1CCN(C(=O)c2cc3ccccc3s2)CC1. The zero-order chi connectivity index (χ0) is 15.7. The van der Waals surface area contributed by atoms with Gasteiger partial charge in [-0.1, -0.05) is 32.0 Å². The molecule has 0 N–H and O–H groups in total. The minimum atomic E-state index is 0.0184. The van der Waals surface area contributed by atoms with Crippen molar-refractivity contribution >= 4 is 33.2 Å². The number of rotatable bonds is 2. The van der Waals surface area contributed by atoms with Crippen molar-refractivity contribution in [1.29, 1.82) is 0 Å². The summed E-state index contributed by atoms with van der Waals surface area (Å²) in [6.45, 7) is 6.33. The van der Waals surface area contributed by atoms with Crippen LogP contribution in [0.25, 0.3) is 10.1 Å². The average molecular weight is 316 g/mol. The first-order chi connectivity index (χ1) is 10.6. The van der Waals surface area contributed by atoms with Crippen LogP contribution in [-0.2, 0) is 4.79 Å². The average Bonchev–Trinajstić information content (AvgIpc) is 2.97. The molecule has 0 radical (unpaired) electrons. The maximum absolute atomic E-state index is 12.6. The number of fused-ring (bicyclic) bond motifs is 1. The Morgan fingerprint density at radius 3 is 2.32 bits per heavy atom. The fourth-order valence-electron chi connectivity index (χ4n) is 2.74. The van der Waals surface area contributed by atoms with Gasteiger partial charge in [0, 0.05) is 36.8 Å². The highest BCUT2D eigenvalue weighted by Gasteiger charge is 2.26. The molecule has 5 heteroatoms. The standard InChI is InChI=1S/C17H20N2O2S/c1-12(2)16(20)18-7-9-19(10-8-18)17(21)15-11-13-5-3-4-6-14(13)22-15/h3-6,11-12H,7-10H2,1-2H3. The summed E-state index contributed by atoms with van der Waals surface area (Å²) in [6.07, 6.45) is 0. The van der Waals surface area contributed by atoms with Gasteiger partial charge in [0.2, 0.25) is 5.91 Å². The second-order valence-electron chi connectivity index (χ2n) is 5.92. The molecule has 0 bridgehead atoms. The first kappa shape index (κ1) is 15.0. The van der Waals surface area contributed by atoms with Gasteiger partial charge < -0.3 is 9.80 Å². The van der Waals surface area contributed by atoms with Crippen molar-refractivity contribution in [3.05, 3.63) is 35.2 Å². The summed E-state index contributed by atoms with van der Waals surface area (Å²) in [5.41, 5.74) is 0. The number of piperazine rings is 1. The van der Waals surface area contributed by atoms with E-state index >= 15 is 0 Å². The Labute approximate surface area is 134 Å². The molecule has 1 aromatic carbocycles. The summed E-state index contributed by atoms with van der Waals surface area (Å²) in [6, 6.07) is 10.0. The molecule has 1 aliphatic heterocycles. The number of hydrogen-bond acceptors (Lipinski definition) is 3. The topological polar surface area (TPSA) is 40.6 Å². The van der Waals surface area contributed by atoms with Crippen LogP contribution in [0, 0.1) is 5.92 Å². The molecule has 0 aliphatic carbocycles. The van der Waals surface area contributed by atoms with Crippen LogP contribution in [0.2, 0.25) is 0 Å². The van der Waals surface area contributed by atoms with Crippen LogP contribution < -0.4 is 0 Å². The number of nitrogens with zero attached hydrogens (tertiary/aromatic N) is 2. The third-order valence-corrected chi connectivity index (χ3v) is 5.11. The van der Waals surface area contributed by atoms with Gasteiger partial charge in [-0.15, -0.1) is 11.3 Å². The summed E-state index contributed by atoms with van der Waals surface area (Å²) < 4.78 is 1.14. The molecular weight excluding hydrogens is 296 g/mol. The highest BCUT2D eigenvalue weighted by Crippen LogP contribution is 2.26. The van der Waals surface area contributed by atoms with Gasteiger partial charge in [-0.3, -0.25) is 9.59 Å². The van der Waals surface area contributed by atoms with Crippen LogP contribution in [0.5, 0.6) is 0 Å². The monoisotopic (exact) mass is 316 g/mol. The van der Waals surface area contributed by atoms with Crippen LogP contribution >= 0.6 is 11.3 Å². The molecule has 22 heavy (non-hydrogen) atoms. The molecule has 1 fully saturated rings. The van der Waals surface area contributed by atoms with Crippen LogP contribution in [-0.4, -0.2) is 47.8 Å². The predicted molar refractivity (Wildman–Crippen MR) is 89.1 cm³/mol. The third-order valence-electron chi connectivity index (χ3n) is 4.01. The third kappa shape index (κ3) is 2.86. The highest BCUT2D eigenvalue weighted by molar-refractivity contribution is 7.20. The van der Waals surface area contributed by atoms with Gasteiger partial charge in [-0.05, 0) is 17.5 Å². The smallest absolute Gasteiger partial charge is 0.264 e. The van der Waals surface area contributed by atoms with E-state index in [9.17, 15) is 9.59 Å². The highest BCUT2D eigenvalue weighted by atomic mass is 32.1. The minimum absolute atomic E-state index is 0.0184. The summed E-state index contributed by atoms with van der Waals surface area (Å²) in [5, 5.41) is 1.12. The second-order valence-corrected chi connectivity index (χ2v) is 7.00. The molecule has 2 amide bonds. The van der Waals surface area contributed by atoms with Gasteiger partial charge in [-0.25, -0.2) is 0 Å². The minimum Gasteiger partial charge on any atom is -0.339 e. The quantitative estimate of drug-likeness (QED) is 0.855. The normalized spacial score (nSPS) is 15.6.